The first-order valence-electron chi connectivity index (χ1n) is 4.84. The Labute approximate surface area is 91.2 Å². The van der Waals surface area contributed by atoms with Gasteiger partial charge in [-0.2, -0.15) is 0 Å². The first-order valence-corrected chi connectivity index (χ1v) is 6.79. The Bertz CT molecular complexity index is 440. The number of rotatable bonds is 3. The minimum Gasteiger partial charge on any atom is -0.323 e. The summed E-state index contributed by atoms with van der Waals surface area (Å²) < 4.78 is 22.8. The Morgan fingerprint density at radius 3 is 2.27 bits per heavy atom. The van der Waals surface area contributed by atoms with Gasteiger partial charge in [0.1, 0.15) is 0 Å². The molecule has 0 heterocycles. The first kappa shape index (κ1) is 12.2. The Morgan fingerprint density at radius 1 is 1.27 bits per heavy atom. The molecule has 0 aliphatic heterocycles. The van der Waals surface area contributed by atoms with Crippen LogP contribution in [-0.4, -0.2) is 19.9 Å². The fourth-order valence-electron chi connectivity index (χ4n) is 1.48. The minimum atomic E-state index is -3.09. The quantitative estimate of drug-likeness (QED) is 0.849. The highest BCUT2D eigenvalue weighted by molar-refractivity contribution is 7.91. The molecule has 0 fully saturated rings. The van der Waals surface area contributed by atoms with E-state index in [1.807, 2.05) is 31.2 Å². The summed E-state index contributed by atoms with van der Waals surface area (Å²) in [5.41, 5.74) is 7.87. The number of hydrogen-bond donors (Lipinski definition) is 1. The van der Waals surface area contributed by atoms with Crippen molar-refractivity contribution in [3.05, 3.63) is 35.4 Å². The molecule has 0 spiro atoms. The van der Waals surface area contributed by atoms with Gasteiger partial charge in [-0.1, -0.05) is 24.3 Å². The molecule has 1 aromatic carbocycles. The van der Waals surface area contributed by atoms with Gasteiger partial charge >= 0.3 is 0 Å². The molecule has 0 aliphatic carbocycles. The summed E-state index contributed by atoms with van der Waals surface area (Å²) in [6, 6.07) is 7.14. The van der Waals surface area contributed by atoms with Crippen molar-refractivity contribution in [3.8, 4) is 0 Å². The Morgan fingerprint density at radius 2 is 1.80 bits per heavy atom. The van der Waals surface area contributed by atoms with Crippen molar-refractivity contribution in [1.29, 1.82) is 0 Å². The van der Waals surface area contributed by atoms with Crippen molar-refractivity contribution in [2.45, 2.75) is 25.1 Å². The molecule has 1 aromatic rings. The zero-order valence-corrected chi connectivity index (χ0v) is 10.1. The molecule has 0 aromatic heterocycles. The van der Waals surface area contributed by atoms with E-state index in [2.05, 4.69) is 0 Å². The lowest BCUT2D eigenvalue weighted by molar-refractivity contribution is 0.570. The number of sulfone groups is 1. The van der Waals surface area contributed by atoms with Crippen molar-refractivity contribution in [1.82, 2.24) is 0 Å². The van der Waals surface area contributed by atoms with Gasteiger partial charge in [-0.15, -0.1) is 0 Å². The van der Waals surface area contributed by atoms with Gasteiger partial charge in [0, 0.05) is 12.3 Å². The van der Waals surface area contributed by atoms with Crippen molar-refractivity contribution in [3.63, 3.8) is 0 Å². The van der Waals surface area contributed by atoms with E-state index in [1.165, 1.54) is 6.26 Å². The number of aryl methyl sites for hydroxylation is 1. The molecule has 0 bridgehead atoms. The van der Waals surface area contributed by atoms with Crippen LogP contribution in [0.15, 0.2) is 24.3 Å². The van der Waals surface area contributed by atoms with E-state index in [9.17, 15) is 8.42 Å². The zero-order chi connectivity index (χ0) is 11.6. The Balaban J connectivity index is 3.06. The summed E-state index contributed by atoms with van der Waals surface area (Å²) in [4.78, 5) is 0. The van der Waals surface area contributed by atoms with Gasteiger partial charge in [-0.05, 0) is 25.0 Å². The lowest BCUT2D eigenvalue weighted by Crippen LogP contribution is -2.30. The lowest BCUT2D eigenvalue weighted by Gasteiger charge is -2.20. The second-order valence-electron chi connectivity index (χ2n) is 3.92. The SMILES string of the molecule is Cc1ccccc1[C@@H](N)[C@@H](C)S(C)(=O)=O. The third-order valence-corrected chi connectivity index (χ3v) is 4.37. The molecular weight excluding hydrogens is 210 g/mol. The molecule has 0 unspecified atom stereocenters. The van der Waals surface area contributed by atoms with E-state index in [0.717, 1.165) is 11.1 Å². The lowest BCUT2D eigenvalue weighted by atomic mass is 10.0. The smallest absolute Gasteiger partial charge is 0.151 e. The molecule has 0 saturated carbocycles. The van der Waals surface area contributed by atoms with E-state index in [1.54, 1.807) is 6.92 Å². The normalized spacial score (nSPS) is 16.0. The summed E-state index contributed by atoms with van der Waals surface area (Å²) in [7, 11) is -3.09. The monoisotopic (exact) mass is 227 g/mol. The zero-order valence-electron chi connectivity index (χ0n) is 9.27. The molecule has 0 saturated heterocycles. The maximum absolute atomic E-state index is 11.4. The maximum Gasteiger partial charge on any atom is 0.151 e. The summed E-state index contributed by atoms with van der Waals surface area (Å²) >= 11 is 0. The van der Waals surface area contributed by atoms with Crippen LogP contribution in [0, 0.1) is 6.92 Å². The van der Waals surface area contributed by atoms with E-state index in [-0.39, 0.29) is 0 Å². The summed E-state index contributed by atoms with van der Waals surface area (Å²) in [6.45, 7) is 3.58. The summed E-state index contributed by atoms with van der Waals surface area (Å²) in [6.07, 6.45) is 1.22. The third-order valence-electron chi connectivity index (χ3n) is 2.73. The average molecular weight is 227 g/mol. The van der Waals surface area contributed by atoms with E-state index in [0.29, 0.717) is 0 Å². The highest BCUT2D eigenvalue weighted by Crippen LogP contribution is 2.21. The third kappa shape index (κ3) is 2.79. The van der Waals surface area contributed by atoms with Crippen LogP contribution in [0.2, 0.25) is 0 Å². The summed E-state index contributed by atoms with van der Waals surface area (Å²) in [5, 5.41) is -0.557. The van der Waals surface area contributed by atoms with E-state index in [4.69, 9.17) is 5.73 Å². The van der Waals surface area contributed by atoms with Crippen LogP contribution in [-0.2, 0) is 9.84 Å². The molecule has 1 rings (SSSR count). The minimum absolute atomic E-state index is 0.457. The highest BCUT2D eigenvalue weighted by Gasteiger charge is 2.24. The van der Waals surface area contributed by atoms with Crippen LogP contribution in [0.1, 0.15) is 24.1 Å². The summed E-state index contributed by atoms with van der Waals surface area (Å²) in [5.74, 6) is 0. The molecule has 4 heteroatoms. The van der Waals surface area contributed by atoms with Crippen molar-refractivity contribution < 1.29 is 8.42 Å². The Kier molecular flexibility index (Phi) is 3.52. The van der Waals surface area contributed by atoms with Crippen LogP contribution < -0.4 is 5.73 Å². The van der Waals surface area contributed by atoms with Gasteiger partial charge in [-0.3, -0.25) is 0 Å². The fourth-order valence-corrected chi connectivity index (χ4v) is 2.16. The van der Waals surface area contributed by atoms with Gasteiger partial charge in [0.25, 0.3) is 0 Å². The van der Waals surface area contributed by atoms with E-state index < -0.39 is 21.1 Å². The molecular formula is C11H17NO2S. The van der Waals surface area contributed by atoms with Gasteiger partial charge in [0.05, 0.1) is 5.25 Å². The van der Waals surface area contributed by atoms with Gasteiger partial charge < -0.3 is 5.73 Å². The average Bonchev–Trinajstić information content (AvgIpc) is 2.15. The largest absolute Gasteiger partial charge is 0.323 e. The van der Waals surface area contributed by atoms with Crippen LogP contribution in [0.25, 0.3) is 0 Å². The molecule has 0 amide bonds. The van der Waals surface area contributed by atoms with E-state index >= 15 is 0 Å². The molecule has 84 valence electrons. The van der Waals surface area contributed by atoms with Crippen LogP contribution in [0.3, 0.4) is 0 Å². The molecule has 2 N–H and O–H groups in total. The molecule has 2 atom stereocenters. The Hall–Kier alpha value is -0.870. The topological polar surface area (TPSA) is 60.2 Å². The molecule has 0 radical (unpaired) electrons. The first-order chi connectivity index (χ1) is 6.84. The number of nitrogens with two attached hydrogens (primary N) is 1. The molecule has 0 aliphatic rings. The second-order valence-corrected chi connectivity index (χ2v) is 6.32. The van der Waals surface area contributed by atoms with Crippen LogP contribution in [0.5, 0.6) is 0 Å². The molecule has 15 heavy (non-hydrogen) atoms. The fraction of sp³-hybridized carbons (Fsp3) is 0.455. The molecule has 3 nitrogen and oxygen atoms in total. The second kappa shape index (κ2) is 4.33. The van der Waals surface area contributed by atoms with Crippen LogP contribution >= 0.6 is 0 Å². The predicted octanol–water partition coefficient (Wildman–Crippen LogP) is 1.43. The van der Waals surface area contributed by atoms with Gasteiger partial charge in [-0.25, -0.2) is 8.42 Å². The highest BCUT2D eigenvalue weighted by atomic mass is 32.2. The van der Waals surface area contributed by atoms with Crippen LogP contribution in [0.4, 0.5) is 0 Å². The number of benzene rings is 1. The van der Waals surface area contributed by atoms with Crippen molar-refractivity contribution >= 4 is 9.84 Å². The van der Waals surface area contributed by atoms with Gasteiger partial charge in [0.2, 0.25) is 0 Å². The maximum atomic E-state index is 11.4. The van der Waals surface area contributed by atoms with Gasteiger partial charge in [0.15, 0.2) is 9.84 Å². The predicted molar refractivity (Wildman–Crippen MR) is 62.4 cm³/mol. The van der Waals surface area contributed by atoms with Crippen molar-refractivity contribution in [2.24, 2.45) is 5.73 Å². The van der Waals surface area contributed by atoms with Crippen molar-refractivity contribution in [2.75, 3.05) is 6.26 Å². The number of hydrogen-bond acceptors (Lipinski definition) is 3. The standard InChI is InChI=1S/C11H17NO2S/c1-8-6-4-5-7-10(8)11(12)9(2)15(3,13)14/h4-7,9,11H,12H2,1-3H3/t9-,11+/m1/s1.